The van der Waals surface area contributed by atoms with Crippen LogP contribution in [0.1, 0.15) is 92.3 Å². The minimum Gasteiger partial charge on any atom is -0.504 e. The van der Waals surface area contributed by atoms with Crippen LogP contribution in [-0.4, -0.2) is 179 Å². The summed E-state index contributed by atoms with van der Waals surface area (Å²) >= 11 is 6.16. The van der Waals surface area contributed by atoms with Crippen molar-refractivity contribution in [2.75, 3.05) is 124 Å². The van der Waals surface area contributed by atoms with Crippen molar-refractivity contribution in [2.45, 2.75) is 77.0 Å². The number of nitrogens with two attached hydrogens (primary N) is 2. The zero-order valence-electron chi connectivity index (χ0n) is 52.7. The lowest BCUT2D eigenvalue weighted by molar-refractivity contribution is -0.189. The van der Waals surface area contributed by atoms with Crippen LogP contribution in [0.15, 0.2) is 100 Å². The van der Waals surface area contributed by atoms with E-state index in [-0.39, 0.29) is 84.7 Å². The number of phenolic OH excluding ortho intramolecular Hbond substituents is 2. The number of nitrogens with zero attached hydrogens (tertiary/aromatic N) is 3. The Kier molecular flexibility index (Phi) is 34.4. The second-order valence-electron chi connectivity index (χ2n) is 20.8. The number of rotatable bonds is 38. The van der Waals surface area contributed by atoms with Gasteiger partial charge in [0.2, 0.25) is 23.5 Å². The molecule has 2 unspecified atom stereocenters. The minimum absolute atomic E-state index is 0.0346. The highest BCUT2D eigenvalue weighted by atomic mass is 32.5. The first-order valence-electron chi connectivity index (χ1n) is 30.5. The summed E-state index contributed by atoms with van der Waals surface area (Å²) in [5.41, 5.74) is 12.8. The molecule has 3 heterocycles. The molecule has 9 N–H and O–H groups in total. The number of aldehydes is 1. The van der Waals surface area contributed by atoms with Crippen LogP contribution in [0, 0.1) is 0 Å². The molecule has 92 heavy (non-hydrogen) atoms. The number of nitrogens with one attached hydrogen (secondary N) is 2. The van der Waals surface area contributed by atoms with Gasteiger partial charge >= 0.3 is 6.72 Å². The fraction of sp³-hybridized carbons (Fsp3) is 0.469. The average Bonchev–Trinajstić information content (AvgIpc) is 1.03. The second-order valence-corrected chi connectivity index (χ2v) is 24.9. The number of hydrogen-bond acceptors (Lipinski definition) is 23. The van der Waals surface area contributed by atoms with E-state index in [1.54, 1.807) is 29.3 Å². The van der Waals surface area contributed by atoms with Crippen LogP contribution in [-0.2, 0) is 75.3 Å². The van der Waals surface area contributed by atoms with Crippen molar-refractivity contribution in [3.05, 3.63) is 123 Å². The van der Waals surface area contributed by atoms with E-state index in [1.807, 2.05) is 30.3 Å². The highest BCUT2D eigenvalue weighted by molar-refractivity contribution is 8.07. The number of likely N-dealkylation sites (tertiary alicyclic amines) is 1. The van der Waals surface area contributed by atoms with E-state index in [0.717, 1.165) is 64.5 Å². The van der Waals surface area contributed by atoms with Crippen molar-refractivity contribution in [3.8, 4) is 22.8 Å². The Morgan fingerprint density at radius 1 is 0.804 bits per heavy atom. The van der Waals surface area contributed by atoms with Gasteiger partial charge in [-0.2, -0.15) is 0 Å². The molecule has 0 spiro atoms. The Morgan fingerprint density at radius 3 is 2.09 bits per heavy atom. The summed E-state index contributed by atoms with van der Waals surface area (Å²) in [4.78, 5) is 88.6. The third-order valence-corrected chi connectivity index (χ3v) is 16.4. The van der Waals surface area contributed by atoms with Crippen molar-refractivity contribution in [1.29, 1.82) is 0 Å². The van der Waals surface area contributed by atoms with E-state index in [9.17, 15) is 43.9 Å². The van der Waals surface area contributed by atoms with E-state index in [0.29, 0.717) is 109 Å². The van der Waals surface area contributed by atoms with Crippen LogP contribution in [0.2, 0.25) is 0 Å². The lowest BCUT2D eigenvalue weighted by Gasteiger charge is -2.32. The maximum atomic E-state index is 12.6. The molecule has 1 aromatic heterocycles. The Balaban J connectivity index is 0.000000391. The van der Waals surface area contributed by atoms with Gasteiger partial charge in [0.05, 0.1) is 108 Å². The molecule has 25 nitrogen and oxygen atoms in total. The number of carbonyl (C=O) groups excluding carboxylic acids is 5. The number of unbranched alkanes of at least 4 members (excludes halogenated alkanes) is 3. The van der Waals surface area contributed by atoms with E-state index < -0.39 is 23.5 Å². The van der Waals surface area contributed by atoms with Crippen molar-refractivity contribution in [2.24, 2.45) is 11.6 Å². The Hall–Kier alpha value is -6.82. The molecule has 0 radical (unpaired) electrons. The van der Waals surface area contributed by atoms with Crippen LogP contribution in [0.25, 0.3) is 33.7 Å². The molecule has 2 aliphatic rings. The second kappa shape index (κ2) is 41.7. The number of para-hydroxylation sites is 1. The molecule has 2 atom stereocenters. The lowest BCUT2D eigenvalue weighted by Crippen LogP contribution is -2.36. The standard InChI is InChI=1S/C44H51N5O10.C17H29N2O8PS2.C3H8/c1-48-29-32-6-2-3-7-33(32)41(40(45)34-8-4-5-9-36(34)48)49(46)17-19-55-21-23-57-25-27-58-26-24-56-22-20-54-18-16-47-44(53)31-12-10-30(11-13-31)39-28-38(51)35-14-15-37(50)42(52)43(35)59-39;1-25-27-28(24,29)26-11-4-2-3-5-12-30-14-13-16(22)19(17(14)23)9-7-15(21)18-8-6-10-20;1-3-2/h2-15,28,50,52H,16-27,29,45-46H2,1H3,(H,47,53);10,14H,2-9,11-13H2,1H3,(H,18,21)(H,24,29);3H2,1-2H3/b41-40-;;. The molecule has 1 fully saturated rings. The zero-order valence-corrected chi connectivity index (χ0v) is 55.2. The first kappa shape index (κ1) is 75.9. The predicted molar refractivity (Wildman–Crippen MR) is 355 cm³/mol. The van der Waals surface area contributed by atoms with E-state index in [1.165, 1.54) is 43.5 Å². The number of thioether (sulfide) groups is 1. The normalized spacial score (nSPS) is 15.0. The molecule has 0 saturated carbocycles. The van der Waals surface area contributed by atoms with Crippen molar-refractivity contribution < 1.29 is 81.3 Å². The summed E-state index contributed by atoms with van der Waals surface area (Å²) in [7, 11) is 3.31. The minimum atomic E-state index is -3.31. The van der Waals surface area contributed by atoms with Gasteiger partial charge in [0.25, 0.3) is 5.91 Å². The number of ether oxygens (including phenoxy) is 5. The van der Waals surface area contributed by atoms with Gasteiger partial charge in [0.1, 0.15) is 12.0 Å². The van der Waals surface area contributed by atoms with Crippen molar-refractivity contribution in [3.63, 3.8) is 0 Å². The zero-order chi connectivity index (χ0) is 66.7. The number of hydrogen-bond donors (Lipinski definition) is 7. The summed E-state index contributed by atoms with van der Waals surface area (Å²) in [5, 5.41) is 26.7. The van der Waals surface area contributed by atoms with Crippen LogP contribution in [0.3, 0.4) is 0 Å². The third-order valence-electron chi connectivity index (χ3n) is 13.7. The first-order chi connectivity index (χ1) is 44.4. The molecule has 7 rings (SSSR count). The fourth-order valence-corrected chi connectivity index (χ4v) is 11.4. The van der Waals surface area contributed by atoms with Gasteiger partial charge in [-0.1, -0.05) is 87.7 Å². The molecule has 504 valence electrons. The van der Waals surface area contributed by atoms with Gasteiger partial charge in [0.15, 0.2) is 16.8 Å². The number of amides is 4. The third kappa shape index (κ3) is 25.2. The average molecular weight is 1340 g/mol. The van der Waals surface area contributed by atoms with Crippen LogP contribution < -0.4 is 32.5 Å². The molecule has 2 aliphatic heterocycles. The summed E-state index contributed by atoms with van der Waals surface area (Å²) in [6, 6.07) is 26.6. The van der Waals surface area contributed by atoms with Crippen molar-refractivity contribution in [1.82, 2.24) is 20.5 Å². The first-order valence-corrected chi connectivity index (χ1v) is 34.1. The molecule has 28 heteroatoms. The Bertz CT molecular complexity index is 3270. The Morgan fingerprint density at radius 2 is 1.42 bits per heavy atom. The summed E-state index contributed by atoms with van der Waals surface area (Å²) in [6.45, 7) is 7.01. The quantitative estimate of drug-likeness (QED) is 0.00305. The number of fused-ring (bicyclic) bond motifs is 3. The molecular weight excluding hydrogens is 1250 g/mol. The number of anilines is 1. The monoisotopic (exact) mass is 1340 g/mol. The molecular formula is C64H88N7O18PS2. The number of carbonyl (C=O) groups is 5. The Labute approximate surface area is 546 Å². The number of benzene rings is 4. The fourth-order valence-electron chi connectivity index (χ4n) is 9.23. The number of phenols is 2. The molecule has 4 aromatic carbocycles. The maximum Gasteiger partial charge on any atom is 0.353 e. The smallest absolute Gasteiger partial charge is 0.353 e. The highest BCUT2D eigenvalue weighted by Gasteiger charge is 2.38. The summed E-state index contributed by atoms with van der Waals surface area (Å²) < 4.78 is 43.3. The van der Waals surface area contributed by atoms with Gasteiger partial charge in [-0.3, -0.25) is 28.9 Å². The van der Waals surface area contributed by atoms with Gasteiger partial charge in [0, 0.05) is 86.5 Å². The van der Waals surface area contributed by atoms with Gasteiger partial charge in [-0.25, -0.2) is 10.7 Å². The SMILES string of the molecule is CCC.CN1Cc2ccccc2/C(N(N)CCOCCOCCOCCOCCOCCNC(=O)c2ccc(-c3cc(=O)c4ccc(O)c(O)c4o3)cc2)=C(/N)c2ccccc21.COOP(O)(=S)OCCCCCCSC1CC(=O)N(CCC(=O)NCCC=O)C1=O. The predicted octanol–water partition coefficient (Wildman–Crippen LogP) is 7.02. The maximum absolute atomic E-state index is 12.6. The van der Waals surface area contributed by atoms with E-state index >= 15 is 0 Å². The summed E-state index contributed by atoms with van der Waals surface area (Å²) in [5.74, 6) is 5.55. The van der Waals surface area contributed by atoms with Crippen molar-refractivity contribution >= 4 is 88.3 Å². The highest BCUT2D eigenvalue weighted by Crippen LogP contribution is 2.44. The molecule has 5 aromatic rings. The van der Waals surface area contributed by atoms with Gasteiger partial charge < -0.3 is 78.8 Å². The van der Waals surface area contributed by atoms with Gasteiger partial charge in [-0.15, -0.1) is 16.4 Å². The van der Waals surface area contributed by atoms with Gasteiger partial charge in [-0.05, 0) is 66.3 Å². The number of imide groups is 1. The van der Waals surface area contributed by atoms with Crippen LogP contribution in [0.5, 0.6) is 11.5 Å². The number of aromatic hydroxyl groups is 2. The van der Waals surface area contributed by atoms with Crippen LogP contribution >= 0.6 is 18.5 Å². The van der Waals surface area contributed by atoms with E-state index in [2.05, 4.69) is 64.2 Å². The van der Waals surface area contributed by atoms with Crippen LogP contribution in [0.4, 0.5) is 5.69 Å². The molecule has 4 amide bonds. The topological polar surface area (TPSA) is 336 Å². The largest absolute Gasteiger partial charge is 0.504 e. The molecule has 0 aliphatic carbocycles. The molecule has 0 bridgehead atoms. The molecule has 1 saturated heterocycles. The number of hydrazine groups is 1. The lowest BCUT2D eigenvalue weighted by atomic mass is 9.96. The summed E-state index contributed by atoms with van der Waals surface area (Å²) in [6.07, 6.45) is 5.75. The van der Waals surface area contributed by atoms with E-state index in [4.69, 9.17) is 56.0 Å².